The number of ketones is 1. The molecule has 2 aromatic carbocycles. The minimum absolute atomic E-state index is 0.248. The molecule has 2 N–H and O–H groups in total. The first-order valence-corrected chi connectivity index (χ1v) is 10.9. The van der Waals surface area contributed by atoms with E-state index in [4.69, 9.17) is 4.74 Å². The van der Waals surface area contributed by atoms with Gasteiger partial charge in [-0.15, -0.1) is 11.3 Å². The molecule has 1 aromatic heterocycles. The van der Waals surface area contributed by atoms with Gasteiger partial charge in [-0.25, -0.2) is 4.79 Å². The second-order valence-corrected chi connectivity index (χ2v) is 7.77. The number of nitrogens with one attached hydrogen (secondary N) is 2. The molecule has 7 heteroatoms. The number of rotatable bonds is 10. The van der Waals surface area contributed by atoms with Gasteiger partial charge in [0.05, 0.1) is 17.0 Å². The summed E-state index contributed by atoms with van der Waals surface area (Å²) in [5.74, 6) is -0.995. The molecule has 0 unspecified atom stereocenters. The number of carbonyl (C=O) groups is 3. The zero-order valence-corrected chi connectivity index (χ0v) is 18.0. The SMILES string of the molecule is CCCCOC(=O)c1ccc(N[C@@H](NC(=O)c2ccccc2)C(=O)c2cccs2)cc1. The molecule has 1 amide bonds. The number of thiophene rings is 1. The predicted molar refractivity (Wildman–Crippen MR) is 122 cm³/mol. The number of ether oxygens (including phenoxy) is 1. The summed E-state index contributed by atoms with van der Waals surface area (Å²) in [7, 11) is 0. The molecule has 0 aliphatic rings. The van der Waals surface area contributed by atoms with Crippen molar-refractivity contribution in [3.8, 4) is 0 Å². The molecule has 6 nitrogen and oxygen atoms in total. The lowest BCUT2D eigenvalue weighted by atomic mass is 10.1. The minimum Gasteiger partial charge on any atom is -0.462 e. The van der Waals surface area contributed by atoms with Gasteiger partial charge < -0.3 is 15.4 Å². The maximum atomic E-state index is 13.0. The van der Waals surface area contributed by atoms with Gasteiger partial charge in [-0.2, -0.15) is 0 Å². The van der Waals surface area contributed by atoms with Crippen LogP contribution in [0.1, 0.15) is 50.2 Å². The number of Topliss-reactive ketones (excluding diaryl/α,β-unsaturated/α-hetero) is 1. The van der Waals surface area contributed by atoms with Crippen molar-refractivity contribution < 1.29 is 19.1 Å². The standard InChI is InChI=1S/C24H24N2O4S/c1-2-3-15-30-24(29)18-11-13-19(14-12-18)25-22(21(27)20-10-7-16-31-20)26-23(28)17-8-5-4-6-9-17/h4-14,16,22,25H,2-3,15H2,1H3,(H,26,28)/t22-/m0/s1. The fourth-order valence-corrected chi connectivity index (χ4v) is 3.49. The molecule has 0 saturated carbocycles. The average molecular weight is 437 g/mol. The first kappa shape index (κ1) is 22.2. The van der Waals surface area contributed by atoms with Crippen LogP contribution in [0.3, 0.4) is 0 Å². The lowest BCUT2D eigenvalue weighted by Gasteiger charge is -2.20. The summed E-state index contributed by atoms with van der Waals surface area (Å²) in [6.45, 7) is 2.41. The van der Waals surface area contributed by atoms with Gasteiger partial charge in [0.2, 0.25) is 5.78 Å². The Hall–Kier alpha value is -3.45. The van der Waals surface area contributed by atoms with Crippen LogP contribution in [0.2, 0.25) is 0 Å². The van der Waals surface area contributed by atoms with E-state index < -0.39 is 6.17 Å². The van der Waals surface area contributed by atoms with Crippen molar-refractivity contribution in [2.75, 3.05) is 11.9 Å². The Morgan fingerprint density at radius 2 is 1.68 bits per heavy atom. The summed E-state index contributed by atoms with van der Waals surface area (Å²) in [5, 5.41) is 7.62. The van der Waals surface area contributed by atoms with E-state index in [0.29, 0.717) is 28.3 Å². The average Bonchev–Trinajstić information content (AvgIpc) is 3.34. The van der Waals surface area contributed by atoms with E-state index in [1.165, 1.54) is 11.3 Å². The van der Waals surface area contributed by atoms with E-state index in [-0.39, 0.29) is 17.7 Å². The molecule has 160 valence electrons. The molecule has 31 heavy (non-hydrogen) atoms. The smallest absolute Gasteiger partial charge is 0.338 e. The molecule has 1 atom stereocenters. The lowest BCUT2D eigenvalue weighted by molar-refractivity contribution is 0.0499. The highest BCUT2D eigenvalue weighted by atomic mass is 32.1. The third kappa shape index (κ3) is 6.26. The molecule has 0 spiro atoms. The van der Waals surface area contributed by atoms with Crippen LogP contribution >= 0.6 is 11.3 Å². The highest BCUT2D eigenvalue weighted by Crippen LogP contribution is 2.16. The Labute approximate surface area is 185 Å². The van der Waals surface area contributed by atoms with Gasteiger partial charge in [0, 0.05) is 11.3 Å². The van der Waals surface area contributed by atoms with Gasteiger partial charge in [0.15, 0.2) is 6.17 Å². The highest BCUT2D eigenvalue weighted by molar-refractivity contribution is 7.12. The van der Waals surface area contributed by atoms with Crippen molar-refractivity contribution in [2.24, 2.45) is 0 Å². The monoisotopic (exact) mass is 436 g/mol. The molecule has 3 aromatic rings. The number of hydrogen-bond donors (Lipinski definition) is 2. The Morgan fingerprint density at radius 1 is 0.935 bits per heavy atom. The second-order valence-electron chi connectivity index (χ2n) is 6.83. The van der Waals surface area contributed by atoms with Crippen LogP contribution in [0.4, 0.5) is 5.69 Å². The number of esters is 1. The Morgan fingerprint density at radius 3 is 2.32 bits per heavy atom. The number of unbranched alkanes of at least 4 members (excludes halogenated alkanes) is 1. The largest absolute Gasteiger partial charge is 0.462 e. The van der Waals surface area contributed by atoms with Gasteiger partial charge in [-0.3, -0.25) is 9.59 Å². The summed E-state index contributed by atoms with van der Waals surface area (Å²) in [5.41, 5.74) is 1.47. The molecule has 0 aliphatic carbocycles. The maximum absolute atomic E-state index is 13.0. The zero-order chi connectivity index (χ0) is 22.1. The van der Waals surface area contributed by atoms with Crippen molar-refractivity contribution in [3.63, 3.8) is 0 Å². The van der Waals surface area contributed by atoms with E-state index in [1.807, 2.05) is 18.4 Å². The van der Waals surface area contributed by atoms with Crippen LogP contribution in [-0.2, 0) is 4.74 Å². The Bertz CT molecular complexity index is 1000. The van der Waals surface area contributed by atoms with E-state index >= 15 is 0 Å². The van der Waals surface area contributed by atoms with Crippen molar-refractivity contribution in [3.05, 3.63) is 88.1 Å². The van der Waals surface area contributed by atoms with Crippen molar-refractivity contribution >= 4 is 34.7 Å². The fourth-order valence-electron chi connectivity index (χ4n) is 2.79. The molecule has 0 aliphatic heterocycles. The lowest BCUT2D eigenvalue weighted by Crippen LogP contribution is -2.46. The second kappa shape index (κ2) is 11.1. The van der Waals surface area contributed by atoms with Crippen LogP contribution in [0.5, 0.6) is 0 Å². The first-order chi connectivity index (χ1) is 15.1. The van der Waals surface area contributed by atoms with E-state index in [0.717, 1.165) is 12.8 Å². The molecule has 1 heterocycles. The number of anilines is 1. The van der Waals surface area contributed by atoms with Crippen molar-refractivity contribution in [1.82, 2.24) is 5.32 Å². The molecule has 0 fully saturated rings. The highest BCUT2D eigenvalue weighted by Gasteiger charge is 2.23. The topological polar surface area (TPSA) is 84.5 Å². The zero-order valence-electron chi connectivity index (χ0n) is 17.2. The maximum Gasteiger partial charge on any atom is 0.338 e. The van der Waals surface area contributed by atoms with Crippen LogP contribution in [0.15, 0.2) is 72.1 Å². The fraction of sp³-hybridized carbons (Fsp3) is 0.208. The van der Waals surface area contributed by atoms with Crippen LogP contribution < -0.4 is 10.6 Å². The summed E-state index contributed by atoms with van der Waals surface area (Å²) >= 11 is 1.31. The summed E-state index contributed by atoms with van der Waals surface area (Å²) in [6, 6.07) is 18.8. The normalized spacial score (nSPS) is 11.4. The number of amides is 1. The summed E-state index contributed by atoms with van der Waals surface area (Å²) in [4.78, 5) is 38.2. The molecule has 0 saturated heterocycles. The van der Waals surface area contributed by atoms with Gasteiger partial charge in [-0.1, -0.05) is 37.6 Å². The predicted octanol–water partition coefficient (Wildman–Crippen LogP) is 4.76. The third-order valence-corrected chi connectivity index (χ3v) is 5.38. The van der Waals surface area contributed by atoms with E-state index in [9.17, 15) is 14.4 Å². The number of hydrogen-bond acceptors (Lipinski definition) is 6. The Kier molecular flexibility index (Phi) is 7.95. The quantitative estimate of drug-likeness (QED) is 0.207. The van der Waals surface area contributed by atoms with Crippen LogP contribution in [-0.4, -0.2) is 30.4 Å². The van der Waals surface area contributed by atoms with Gasteiger partial charge >= 0.3 is 5.97 Å². The van der Waals surface area contributed by atoms with Crippen molar-refractivity contribution in [1.29, 1.82) is 0 Å². The summed E-state index contributed by atoms with van der Waals surface area (Å²) in [6.07, 6.45) is 0.803. The molecular weight excluding hydrogens is 412 g/mol. The van der Waals surface area contributed by atoms with Crippen LogP contribution in [0.25, 0.3) is 0 Å². The number of carbonyl (C=O) groups excluding carboxylic acids is 3. The van der Waals surface area contributed by atoms with Gasteiger partial charge in [-0.05, 0) is 54.3 Å². The molecule has 0 bridgehead atoms. The molecule has 0 radical (unpaired) electrons. The van der Waals surface area contributed by atoms with Crippen LogP contribution in [0, 0.1) is 0 Å². The molecule has 3 rings (SSSR count). The third-order valence-electron chi connectivity index (χ3n) is 4.50. The summed E-state index contributed by atoms with van der Waals surface area (Å²) < 4.78 is 5.21. The van der Waals surface area contributed by atoms with E-state index in [2.05, 4.69) is 10.6 Å². The molecular formula is C24H24N2O4S. The van der Waals surface area contributed by atoms with E-state index in [1.54, 1.807) is 60.7 Å². The number of benzene rings is 2. The van der Waals surface area contributed by atoms with Gasteiger partial charge in [0.1, 0.15) is 0 Å². The van der Waals surface area contributed by atoms with Gasteiger partial charge in [0.25, 0.3) is 5.91 Å². The first-order valence-electron chi connectivity index (χ1n) is 10.1. The van der Waals surface area contributed by atoms with Crippen molar-refractivity contribution in [2.45, 2.75) is 25.9 Å². The minimum atomic E-state index is -0.964. The Balaban J connectivity index is 1.73.